The molecule has 2 rings (SSSR count). The van der Waals surface area contributed by atoms with E-state index in [1.807, 2.05) is 18.5 Å². The van der Waals surface area contributed by atoms with Crippen molar-refractivity contribution < 1.29 is 4.74 Å². The Labute approximate surface area is 120 Å². The first-order valence-electron chi connectivity index (χ1n) is 6.95. The summed E-state index contributed by atoms with van der Waals surface area (Å²) in [5.74, 6) is 1.30. The van der Waals surface area contributed by atoms with Crippen LogP contribution < -0.4 is 10.5 Å². The van der Waals surface area contributed by atoms with Gasteiger partial charge in [-0.2, -0.15) is 0 Å². The van der Waals surface area contributed by atoms with Gasteiger partial charge in [0.05, 0.1) is 7.11 Å². The van der Waals surface area contributed by atoms with E-state index >= 15 is 0 Å². The first-order chi connectivity index (χ1) is 9.65. The van der Waals surface area contributed by atoms with E-state index in [1.165, 1.54) is 11.1 Å². The predicted octanol–water partition coefficient (Wildman–Crippen LogP) is 3.52. The van der Waals surface area contributed by atoms with Gasteiger partial charge in [0, 0.05) is 23.5 Å². The third-order valence-electron chi connectivity index (χ3n) is 3.59. The molecule has 0 saturated carbocycles. The summed E-state index contributed by atoms with van der Waals surface area (Å²) in [6.45, 7) is 4.96. The monoisotopic (exact) mass is 270 g/mol. The topological polar surface area (TPSA) is 48.1 Å². The molecule has 0 radical (unpaired) electrons. The molecule has 0 aliphatic heterocycles. The molecule has 2 aromatic rings. The largest absolute Gasteiger partial charge is 0.496 e. The molecule has 2 N–H and O–H groups in total. The van der Waals surface area contributed by atoms with Gasteiger partial charge in [-0.05, 0) is 49.6 Å². The van der Waals surface area contributed by atoms with Crippen molar-refractivity contribution in [2.75, 3.05) is 13.7 Å². The van der Waals surface area contributed by atoms with Crippen molar-refractivity contribution in [1.82, 2.24) is 4.98 Å². The first-order valence-corrected chi connectivity index (χ1v) is 6.95. The Morgan fingerprint density at radius 2 is 2.05 bits per heavy atom. The Kier molecular flexibility index (Phi) is 4.74. The minimum Gasteiger partial charge on any atom is -0.496 e. The number of rotatable bonds is 5. The van der Waals surface area contributed by atoms with Gasteiger partial charge < -0.3 is 10.5 Å². The summed E-state index contributed by atoms with van der Waals surface area (Å²) >= 11 is 0. The highest BCUT2D eigenvalue weighted by molar-refractivity contribution is 5.71. The Balaban J connectivity index is 2.43. The molecule has 0 amide bonds. The predicted molar refractivity (Wildman–Crippen MR) is 83.0 cm³/mol. The second-order valence-corrected chi connectivity index (χ2v) is 5.19. The zero-order valence-electron chi connectivity index (χ0n) is 12.4. The van der Waals surface area contributed by atoms with Gasteiger partial charge in [-0.1, -0.05) is 18.6 Å². The van der Waals surface area contributed by atoms with Gasteiger partial charge in [0.15, 0.2) is 0 Å². The Hall–Kier alpha value is -1.87. The molecule has 0 aliphatic carbocycles. The average molecular weight is 270 g/mol. The fraction of sp³-hybridized carbons (Fsp3) is 0.353. The van der Waals surface area contributed by atoms with Crippen molar-refractivity contribution in [3.05, 3.63) is 47.8 Å². The van der Waals surface area contributed by atoms with Crippen molar-refractivity contribution in [2.45, 2.75) is 26.2 Å². The number of aryl methyl sites for hydroxylation is 1. The number of hydrogen-bond acceptors (Lipinski definition) is 3. The third-order valence-corrected chi connectivity index (χ3v) is 3.59. The maximum Gasteiger partial charge on any atom is 0.126 e. The fourth-order valence-corrected chi connectivity index (χ4v) is 2.34. The van der Waals surface area contributed by atoms with Crippen LogP contribution in [0.25, 0.3) is 11.1 Å². The average Bonchev–Trinajstić information content (AvgIpc) is 2.47. The van der Waals surface area contributed by atoms with Gasteiger partial charge in [0.1, 0.15) is 5.75 Å². The minimum atomic E-state index is 0.420. The van der Waals surface area contributed by atoms with Gasteiger partial charge in [-0.15, -0.1) is 0 Å². The van der Waals surface area contributed by atoms with E-state index in [2.05, 4.69) is 37.0 Å². The molecule has 0 aliphatic rings. The summed E-state index contributed by atoms with van der Waals surface area (Å²) in [6.07, 6.45) is 4.78. The van der Waals surface area contributed by atoms with Gasteiger partial charge in [0.2, 0.25) is 0 Å². The molecule has 0 saturated heterocycles. The lowest BCUT2D eigenvalue weighted by Crippen LogP contribution is -2.05. The zero-order valence-corrected chi connectivity index (χ0v) is 12.4. The molecule has 106 valence electrons. The van der Waals surface area contributed by atoms with Crippen LogP contribution in [0.1, 0.15) is 30.4 Å². The minimum absolute atomic E-state index is 0.420. The summed E-state index contributed by atoms with van der Waals surface area (Å²) in [7, 11) is 1.70. The highest BCUT2D eigenvalue weighted by Crippen LogP contribution is 2.32. The molecule has 20 heavy (non-hydrogen) atoms. The molecular weight excluding hydrogens is 248 g/mol. The maximum absolute atomic E-state index is 5.64. The summed E-state index contributed by atoms with van der Waals surface area (Å²) < 4.78 is 5.45. The van der Waals surface area contributed by atoms with E-state index in [1.54, 1.807) is 7.11 Å². The summed E-state index contributed by atoms with van der Waals surface area (Å²) in [6, 6.07) is 8.37. The second kappa shape index (κ2) is 6.53. The van der Waals surface area contributed by atoms with E-state index in [0.29, 0.717) is 12.5 Å². The van der Waals surface area contributed by atoms with Crippen LogP contribution in [0.4, 0.5) is 0 Å². The highest BCUT2D eigenvalue weighted by Gasteiger charge is 2.10. The normalized spacial score (nSPS) is 12.2. The van der Waals surface area contributed by atoms with Crippen LogP contribution in [-0.2, 0) is 0 Å². The molecular formula is C17H22N2O. The molecule has 1 heterocycles. The molecule has 0 spiro atoms. The number of benzene rings is 1. The Morgan fingerprint density at radius 3 is 2.75 bits per heavy atom. The number of hydrogen-bond donors (Lipinski definition) is 1. The van der Waals surface area contributed by atoms with Crippen molar-refractivity contribution in [1.29, 1.82) is 0 Å². The number of aromatic nitrogens is 1. The van der Waals surface area contributed by atoms with Crippen LogP contribution in [0, 0.1) is 6.92 Å². The van der Waals surface area contributed by atoms with E-state index in [-0.39, 0.29) is 0 Å². The second-order valence-electron chi connectivity index (χ2n) is 5.19. The number of methoxy groups -OCH3 is 1. The van der Waals surface area contributed by atoms with E-state index < -0.39 is 0 Å². The smallest absolute Gasteiger partial charge is 0.126 e. The molecule has 0 bridgehead atoms. The summed E-state index contributed by atoms with van der Waals surface area (Å²) in [5.41, 5.74) is 10.2. The standard InChI is InChI=1S/C17H22N2O/c1-12-4-5-17(20-3)16(8-12)15-9-14(10-19-11-15)13(2)6-7-18/h4-5,8-11,13H,6-7,18H2,1-3H3. The van der Waals surface area contributed by atoms with Crippen LogP contribution >= 0.6 is 0 Å². The fourth-order valence-electron chi connectivity index (χ4n) is 2.34. The highest BCUT2D eigenvalue weighted by atomic mass is 16.5. The lowest BCUT2D eigenvalue weighted by molar-refractivity contribution is 0.416. The summed E-state index contributed by atoms with van der Waals surface area (Å²) in [5, 5.41) is 0. The molecule has 0 fully saturated rings. The lowest BCUT2D eigenvalue weighted by Gasteiger charge is -2.13. The molecule has 3 heteroatoms. The molecule has 1 aromatic heterocycles. The van der Waals surface area contributed by atoms with E-state index in [0.717, 1.165) is 23.3 Å². The van der Waals surface area contributed by atoms with Gasteiger partial charge in [-0.25, -0.2) is 0 Å². The molecule has 1 unspecified atom stereocenters. The van der Waals surface area contributed by atoms with E-state index in [4.69, 9.17) is 10.5 Å². The Bertz CT molecular complexity index is 581. The quantitative estimate of drug-likeness (QED) is 0.904. The number of pyridine rings is 1. The van der Waals surface area contributed by atoms with Crippen LogP contribution in [0.5, 0.6) is 5.75 Å². The molecule has 1 aromatic carbocycles. The zero-order chi connectivity index (χ0) is 14.5. The number of ether oxygens (including phenoxy) is 1. The third kappa shape index (κ3) is 3.17. The van der Waals surface area contributed by atoms with Crippen LogP contribution in [0.15, 0.2) is 36.7 Å². The van der Waals surface area contributed by atoms with E-state index in [9.17, 15) is 0 Å². The van der Waals surface area contributed by atoms with Crippen LogP contribution in [0.2, 0.25) is 0 Å². The van der Waals surface area contributed by atoms with Crippen molar-refractivity contribution in [3.8, 4) is 16.9 Å². The van der Waals surface area contributed by atoms with Gasteiger partial charge in [0.25, 0.3) is 0 Å². The summed E-state index contributed by atoms with van der Waals surface area (Å²) in [4.78, 5) is 4.37. The lowest BCUT2D eigenvalue weighted by atomic mass is 9.96. The van der Waals surface area contributed by atoms with Crippen molar-refractivity contribution in [2.24, 2.45) is 5.73 Å². The Morgan fingerprint density at radius 1 is 1.25 bits per heavy atom. The van der Waals surface area contributed by atoms with Gasteiger partial charge >= 0.3 is 0 Å². The number of nitrogens with two attached hydrogens (primary N) is 1. The van der Waals surface area contributed by atoms with Crippen LogP contribution in [-0.4, -0.2) is 18.6 Å². The first kappa shape index (κ1) is 14.5. The van der Waals surface area contributed by atoms with Crippen LogP contribution in [0.3, 0.4) is 0 Å². The number of nitrogens with zero attached hydrogens (tertiary/aromatic N) is 1. The molecule has 1 atom stereocenters. The molecule has 3 nitrogen and oxygen atoms in total. The SMILES string of the molecule is COc1ccc(C)cc1-c1cncc(C(C)CCN)c1. The van der Waals surface area contributed by atoms with Crippen molar-refractivity contribution in [3.63, 3.8) is 0 Å². The van der Waals surface area contributed by atoms with Gasteiger partial charge in [-0.3, -0.25) is 4.98 Å². The van der Waals surface area contributed by atoms with Crippen molar-refractivity contribution >= 4 is 0 Å². The maximum atomic E-state index is 5.64.